The highest BCUT2D eigenvalue weighted by molar-refractivity contribution is 5.96. The van der Waals surface area contributed by atoms with Gasteiger partial charge in [-0.25, -0.2) is 8.78 Å². The molecule has 2 atom stereocenters. The van der Waals surface area contributed by atoms with Gasteiger partial charge in [-0.3, -0.25) is 9.59 Å². The lowest BCUT2D eigenvalue weighted by Gasteiger charge is -2.36. The smallest absolute Gasteiger partial charge is 0.267 e. The van der Waals surface area contributed by atoms with Gasteiger partial charge in [0.2, 0.25) is 5.91 Å². The second kappa shape index (κ2) is 6.58. The SMILES string of the molecule is CN1CC2C=C(N3CCOc4cc(C(=O)N5CCC(F)(F)C5)ccc43)N(C)C2C1=O. The van der Waals surface area contributed by atoms with Crippen molar-refractivity contribution in [3.63, 3.8) is 0 Å². The third-order valence-electron chi connectivity index (χ3n) is 6.46. The largest absolute Gasteiger partial charge is 0.490 e. The molecule has 1 aromatic carbocycles. The van der Waals surface area contributed by atoms with E-state index in [0.29, 0.717) is 31.0 Å². The Bertz CT molecular complexity index is 950. The molecule has 4 heterocycles. The summed E-state index contributed by atoms with van der Waals surface area (Å²) in [5, 5.41) is 0. The average molecular weight is 418 g/mol. The van der Waals surface area contributed by atoms with E-state index in [2.05, 4.69) is 11.0 Å². The third kappa shape index (κ3) is 2.90. The fourth-order valence-corrected chi connectivity index (χ4v) is 4.93. The number of hydrogen-bond donors (Lipinski definition) is 0. The van der Waals surface area contributed by atoms with Gasteiger partial charge >= 0.3 is 0 Å². The van der Waals surface area contributed by atoms with Crippen LogP contribution >= 0.6 is 0 Å². The van der Waals surface area contributed by atoms with Gasteiger partial charge in [0, 0.05) is 45.1 Å². The Morgan fingerprint density at radius 2 is 2.03 bits per heavy atom. The Balaban J connectivity index is 1.40. The normalized spacial score (nSPS) is 27.2. The molecule has 2 unspecified atom stereocenters. The first kappa shape index (κ1) is 19.1. The summed E-state index contributed by atoms with van der Waals surface area (Å²) in [6.45, 7) is 1.26. The Labute approximate surface area is 173 Å². The van der Waals surface area contributed by atoms with Gasteiger partial charge in [-0.15, -0.1) is 0 Å². The minimum atomic E-state index is -2.82. The zero-order valence-corrected chi connectivity index (χ0v) is 17.0. The topological polar surface area (TPSA) is 56.3 Å². The van der Waals surface area contributed by atoms with Gasteiger partial charge in [0.15, 0.2) is 0 Å². The van der Waals surface area contributed by atoms with Crippen LogP contribution in [-0.4, -0.2) is 85.4 Å². The molecule has 4 aliphatic heterocycles. The van der Waals surface area contributed by atoms with Gasteiger partial charge in [-0.2, -0.15) is 0 Å². The summed E-state index contributed by atoms with van der Waals surface area (Å²) in [7, 11) is 3.75. The van der Waals surface area contributed by atoms with Crippen molar-refractivity contribution in [3.8, 4) is 5.75 Å². The molecule has 0 bridgehead atoms. The molecule has 0 saturated carbocycles. The van der Waals surface area contributed by atoms with Crippen molar-refractivity contribution < 1.29 is 23.1 Å². The number of rotatable bonds is 2. The van der Waals surface area contributed by atoms with E-state index in [1.54, 1.807) is 23.1 Å². The predicted molar refractivity (Wildman–Crippen MR) is 106 cm³/mol. The summed E-state index contributed by atoms with van der Waals surface area (Å²) >= 11 is 0. The maximum Gasteiger partial charge on any atom is 0.267 e. The second-order valence-electron chi connectivity index (χ2n) is 8.48. The van der Waals surface area contributed by atoms with Crippen LogP contribution in [0.15, 0.2) is 30.1 Å². The maximum absolute atomic E-state index is 13.5. The third-order valence-corrected chi connectivity index (χ3v) is 6.46. The van der Waals surface area contributed by atoms with Crippen LogP contribution in [-0.2, 0) is 4.79 Å². The lowest BCUT2D eigenvalue weighted by Crippen LogP contribution is -2.43. The first-order valence-corrected chi connectivity index (χ1v) is 10.2. The van der Waals surface area contributed by atoms with Gasteiger partial charge in [0.05, 0.1) is 18.8 Å². The lowest BCUT2D eigenvalue weighted by atomic mass is 10.1. The van der Waals surface area contributed by atoms with E-state index in [1.165, 1.54) is 4.90 Å². The van der Waals surface area contributed by atoms with Crippen LogP contribution in [0.1, 0.15) is 16.8 Å². The highest BCUT2D eigenvalue weighted by Crippen LogP contribution is 2.41. The van der Waals surface area contributed by atoms with Crippen LogP contribution in [0.4, 0.5) is 14.5 Å². The molecule has 160 valence electrons. The van der Waals surface area contributed by atoms with Crippen LogP contribution < -0.4 is 9.64 Å². The Morgan fingerprint density at radius 3 is 2.73 bits per heavy atom. The molecule has 9 heteroatoms. The molecule has 0 spiro atoms. The Kier molecular flexibility index (Phi) is 4.20. The average Bonchev–Trinajstić information content (AvgIpc) is 3.33. The molecule has 4 aliphatic rings. The first-order chi connectivity index (χ1) is 14.2. The van der Waals surface area contributed by atoms with E-state index in [-0.39, 0.29) is 30.8 Å². The van der Waals surface area contributed by atoms with E-state index in [4.69, 9.17) is 4.74 Å². The minimum absolute atomic E-state index is 0.0544. The molecule has 7 nitrogen and oxygen atoms in total. The van der Waals surface area contributed by atoms with Crippen molar-refractivity contribution in [2.75, 3.05) is 51.8 Å². The van der Waals surface area contributed by atoms with Crippen molar-refractivity contribution in [1.82, 2.24) is 14.7 Å². The van der Waals surface area contributed by atoms with E-state index in [0.717, 1.165) is 11.5 Å². The first-order valence-electron chi connectivity index (χ1n) is 10.2. The standard InChI is InChI=1S/C21H24F2N4O3/c1-24-11-14-10-17(25(2)18(14)20(24)29)27-7-8-30-16-9-13(3-4-15(16)27)19(28)26-6-5-21(22,23)12-26/h3-4,9-10,14,18H,5-8,11-12H2,1-2H3. The lowest BCUT2D eigenvalue weighted by molar-refractivity contribution is -0.130. The predicted octanol–water partition coefficient (Wildman–Crippen LogP) is 1.61. The highest BCUT2D eigenvalue weighted by Gasteiger charge is 2.47. The second-order valence-corrected chi connectivity index (χ2v) is 8.48. The molecule has 0 aliphatic carbocycles. The monoisotopic (exact) mass is 418 g/mol. The molecular weight excluding hydrogens is 394 g/mol. The van der Waals surface area contributed by atoms with Crippen molar-refractivity contribution >= 4 is 17.5 Å². The molecule has 0 aromatic heterocycles. The van der Waals surface area contributed by atoms with Crippen LogP contribution in [0.3, 0.4) is 0 Å². The molecule has 5 rings (SSSR count). The fourth-order valence-electron chi connectivity index (χ4n) is 4.93. The number of ether oxygens (including phenoxy) is 1. The number of carbonyl (C=O) groups is 2. The van der Waals surface area contributed by atoms with Gasteiger partial charge < -0.3 is 24.3 Å². The Hall–Kier alpha value is -2.84. The number of amides is 2. The Morgan fingerprint density at radius 1 is 1.23 bits per heavy atom. The minimum Gasteiger partial charge on any atom is -0.490 e. The molecule has 0 N–H and O–H groups in total. The molecule has 0 radical (unpaired) electrons. The summed E-state index contributed by atoms with van der Waals surface area (Å²) in [6.07, 6.45) is 1.83. The van der Waals surface area contributed by atoms with Crippen molar-refractivity contribution in [2.24, 2.45) is 5.92 Å². The van der Waals surface area contributed by atoms with Gasteiger partial charge in [-0.1, -0.05) is 0 Å². The molecule has 30 heavy (non-hydrogen) atoms. The van der Waals surface area contributed by atoms with Crippen LogP contribution in [0, 0.1) is 5.92 Å². The van der Waals surface area contributed by atoms with Crippen LogP contribution in [0.25, 0.3) is 0 Å². The van der Waals surface area contributed by atoms with Crippen molar-refractivity contribution in [3.05, 3.63) is 35.7 Å². The molecule has 2 saturated heterocycles. The van der Waals surface area contributed by atoms with Gasteiger partial charge in [0.1, 0.15) is 24.2 Å². The number of fused-ring (bicyclic) bond motifs is 2. The molecule has 1 aromatic rings. The van der Waals surface area contributed by atoms with Crippen molar-refractivity contribution in [2.45, 2.75) is 18.4 Å². The molecule has 2 fully saturated rings. The van der Waals surface area contributed by atoms with E-state index >= 15 is 0 Å². The van der Waals surface area contributed by atoms with Crippen LogP contribution in [0.2, 0.25) is 0 Å². The zero-order valence-electron chi connectivity index (χ0n) is 17.0. The number of benzene rings is 1. The summed E-state index contributed by atoms with van der Waals surface area (Å²) in [5.41, 5.74) is 1.15. The summed E-state index contributed by atoms with van der Waals surface area (Å²) in [6, 6.07) is 4.91. The van der Waals surface area contributed by atoms with Gasteiger partial charge in [0.25, 0.3) is 11.8 Å². The number of halogens is 2. The molecule has 2 amide bonds. The van der Waals surface area contributed by atoms with Gasteiger partial charge in [-0.05, 0) is 24.3 Å². The number of alkyl halides is 2. The summed E-state index contributed by atoms with van der Waals surface area (Å²) in [4.78, 5) is 32.2. The highest BCUT2D eigenvalue weighted by atomic mass is 19.3. The molecular formula is C21H24F2N4O3. The maximum atomic E-state index is 13.5. The quantitative estimate of drug-likeness (QED) is 0.731. The number of anilines is 1. The van der Waals surface area contributed by atoms with Crippen molar-refractivity contribution in [1.29, 1.82) is 0 Å². The van der Waals surface area contributed by atoms with E-state index in [1.807, 2.05) is 19.0 Å². The number of nitrogens with zero attached hydrogens (tertiary/aromatic N) is 4. The van der Waals surface area contributed by atoms with E-state index < -0.39 is 18.4 Å². The summed E-state index contributed by atoms with van der Waals surface area (Å²) < 4.78 is 32.8. The summed E-state index contributed by atoms with van der Waals surface area (Å²) in [5.74, 6) is -1.46. The number of likely N-dealkylation sites (N-methyl/N-ethyl adjacent to an activating group) is 2. The number of likely N-dealkylation sites (tertiary alicyclic amines) is 2. The number of hydrogen-bond acceptors (Lipinski definition) is 5. The fraction of sp³-hybridized carbons (Fsp3) is 0.524. The van der Waals surface area contributed by atoms with Crippen LogP contribution in [0.5, 0.6) is 5.75 Å². The zero-order chi connectivity index (χ0) is 21.2. The van der Waals surface area contributed by atoms with E-state index in [9.17, 15) is 18.4 Å². The number of carbonyl (C=O) groups excluding carboxylic acids is 2.